The molecule has 0 spiro atoms. The van der Waals surface area contributed by atoms with Gasteiger partial charge in [-0.2, -0.15) is 0 Å². The minimum Gasteiger partial charge on any atom is -0.385 e. The highest BCUT2D eigenvalue weighted by Crippen LogP contribution is 2.36. The van der Waals surface area contributed by atoms with E-state index in [0.29, 0.717) is 6.42 Å². The van der Waals surface area contributed by atoms with E-state index in [1.54, 1.807) is 24.3 Å². The van der Waals surface area contributed by atoms with Gasteiger partial charge in [-0.05, 0) is 54.4 Å². The van der Waals surface area contributed by atoms with Crippen LogP contribution in [0.25, 0.3) is 22.0 Å². The minimum absolute atomic E-state index is 0.164. The lowest BCUT2D eigenvalue weighted by molar-refractivity contribution is 0.0955. The Labute approximate surface area is 219 Å². The third-order valence-corrected chi connectivity index (χ3v) is 6.69. The van der Waals surface area contributed by atoms with E-state index in [-0.39, 0.29) is 34.7 Å². The van der Waals surface area contributed by atoms with Crippen molar-refractivity contribution >= 4 is 44.3 Å². The van der Waals surface area contributed by atoms with Gasteiger partial charge in [0.15, 0.2) is 0 Å². The van der Waals surface area contributed by atoms with Crippen LogP contribution in [0.5, 0.6) is 0 Å². The number of nitrogens with one attached hydrogen (secondary N) is 3. The number of nitrogens with two attached hydrogens (primary N) is 1. The van der Waals surface area contributed by atoms with Gasteiger partial charge in [0.2, 0.25) is 5.78 Å². The highest BCUT2D eigenvalue weighted by atomic mass is 79.9. The highest BCUT2D eigenvalue weighted by Gasteiger charge is 2.30. The summed E-state index contributed by atoms with van der Waals surface area (Å²) in [5, 5.41) is 3.81. The lowest BCUT2D eigenvalue weighted by Gasteiger charge is -2.11. The molecule has 6 nitrogen and oxygen atoms in total. The third-order valence-electron chi connectivity index (χ3n) is 6.16. The van der Waals surface area contributed by atoms with E-state index < -0.39 is 28.9 Å². The summed E-state index contributed by atoms with van der Waals surface area (Å²) in [6.07, 6.45) is 2.38. The number of aromatic amines is 2. The van der Waals surface area contributed by atoms with Crippen molar-refractivity contribution in [2.24, 2.45) is 0 Å². The van der Waals surface area contributed by atoms with Crippen LogP contribution in [0.1, 0.15) is 32.0 Å². The predicted molar refractivity (Wildman–Crippen MR) is 142 cm³/mol. The van der Waals surface area contributed by atoms with Crippen LogP contribution in [0.2, 0.25) is 0 Å². The molecule has 0 fully saturated rings. The Morgan fingerprint density at radius 3 is 2.35 bits per heavy atom. The molecule has 2 heterocycles. The number of hydrogen-bond donors (Lipinski definition) is 4. The number of benzene rings is 3. The Hall–Kier alpha value is -4.24. The summed E-state index contributed by atoms with van der Waals surface area (Å²) >= 11 is 3.31. The fourth-order valence-electron chi connectivity index (χ4n) is 4.40. The van der Waals surface area contributed by atoms with Crippen molar-refractivity contribution < 1.29 is 18.4 Å². The van der Waals surface area contributed by atoms with Crippen molar-refractivity contribution in [3.8, 4) is 11.1 Å². The van der Waals surface area contributed by atoms with E-state index in [9.17, 15) is 18.4 Å². The van der Waals surface area contributed by atoms with Gasteiger partial charge in [-0.25, -0.2) is 8.78 Å². The van der Waals surface area contributed by atoms with Gasteiger partial charge in [0.1, 0.15) is 17.5 Å². The van der Waals surface area contributed by atoms with Gasteiger partial charge >= 0.3 is 0 Å². The third kappa shape index (κ3) is 4.65. The molecule has 2 aromatic heterocycles. The molecular weight excluding hydrogens is 542 g/mol. The van der Waals surface area contributed by atoms with Gasteiger partial charge in [0, 0.05) is 39.2 Å². The number of amides is 1. The summed E-state index contributed by atoms with van der Waals surface area (Å²) < 4.78 is 30.6. The first-order valence-electron chi connectivity index (χ1n) is 11.4. The smallest absolute Gasteiger partial charge is 0.255 e. The molecule has 1 amide bonds. The van der Waals surface area contributed by atoms with Gasteiger partial charge in [-0.15, -0.1) is 0 Å². The predicted octanol–water partition coefficient (Wildman–Crippen LogP) is 5.99. The van der Waals surface area contributed by atoms with Gasteiger partial charge in [0.05, 0.1) is 16.8 Å². The largest absolute Gasteiger partial charge is 0.385 e. The number of carbonyl (C=O) groups excluding carboxylic acids is 2. The average molecular weight is 563 g/mol. The Morgan fingerprint density at radius 1 is 0.919 bits per heavy atom. The molecule has 5 rings (SSSR count). The van der Waals surface area contributed by atoms with Crippen molar-refractivity contribution in [3.63, 3.8) is 0 Å². The van der Waals surface area contributed by atoms with Crippen LogP contribution >= 0.6 is 15.9 Å². The molecule has 0 aliphatic rings. The summed E-state index contributed by atoms with van der Waals surface area (Å²) in [7, 11) is 0. The van der Waals surface area contributed by atoms with Crippen LogP contribution in [-0.4, -0.2) is 28.2 Å². The average Bonchev–Trinajstić information content (AvgIpc) is 3.45. The standard InChI is InChI=1S/C28H21BrF2N4O2/c29-17-10-8-15(9-11-17)26(36)25-23(22-19(30)5-3-6-20(22)31)24(27(32)35-25)28(37)33-13-12-16-14-34-21-7-2-1-4-18(16)21/h1-11,14,34-35H,12-13,32H2,(H,33,37). The fourth-order valence-corrected chi connectivity index (χ4v) is 4.66. The summed E-state index contributed by atoms with van der Waals surface area (Å²) in [4.78, 5) is 32.6. The molecule has 3 aromatic carbocycles. The number of aromatic nitrogens is 2. The molecule has 0 aliphatic heterocycles. The molecule has 0 radical (unpaired) electrons. The zero-order valence-electron chi connectivity index (χ0n) is 19.4. The number of H-pyrrole nitrogens is 2. The van der Waals surface area contributed by atoms with Gasteiger partial charge in [-0.1, -0.05) is 40.2 Å². The van der Waals surface area contributed by atoms with E-state index in [4.69, 9.17) is 5.73 Å². The van der Waals surface area contributed by atoms with E-state index in [2.05, 4.69) is 31.2 Å². The van der Waals surface area contributed by atoms with E-state index in [0.717, 1.165) is 33.1 Å². The summed E-state index contributed by atoms with van der Waals surface area (Å²) in [5.74, 6) is -3.22. The minimum atomic E-state index is -0.920. The molecule has 0 unspecified atom stereocenters. The van der Waals surface area contributed by atoms with E-state index in [1.165, 1.54) is 6.07 Å². The zero-order chi connectivity index (χ0) is 26.1. The molecule has 0 bridgehead atoms. The Morgan fingerprint density at radius 2 is 1.62 bits per heavy atom. The van der Waals surface area contributed by atoms with Crippen molar-refractivity contribution in [1.82, 2.24) is 15.3 Å². The van der Waals surface area contributed by atoms with Gasteiger partial charge in [-0.3, -0.25) is 9.59 Å². The number of carbonyl (C=O) groups is 2. The van der Waals surface area contributed by atoms with Crippen LogP contribution in [-0.2, 0) is 6.42 Å². The summed E-state index contributed by atoms with van der Waals surface area (Å²) in [6.45, 7) is 0.237. The SMILES string of the molecule is Nc1[nH]c(C(=O)c2ccc(Br)cc2)c(-c2c(F)cccc2F)c1C(=O)NCCc1c[nH]c2ccccc12. The first kappa shape index (κ1) is 24.5. The van der Waals surface area contributed by atoms with Gasteiger partial charge < -0.3 is 21.0 Å². The van der Waals surface area contributed by atoms with Crippen molar-refractivity contribution in [3.05, 3.63) is 111 Å². The molecule has 0 atom stereocenters. The van der Waals surface area contributed by atoms with E-state index >= 15 is 0 Å². The number of halogens is 3. The lowest BCUT2D eigenvalue weighted by atomic mass is 9.95. The molecular formula is C28H21BrF2N4O2. The second-order valence-electron chi connectivity index (χ2n) is 8.46. The van der Waals surface area contributed by atoms with Crippen molar-refractivity contribution in [1.29, 1.82) is 0 Å². The van der Waals surface area contributed by atoms with Crippen LogP contribution in [0.3, 0.4) is 0 Å². The fraction of sp³-hybridized carbons (Fsp3) is 0.0714. The van der Waals surface area contributed by atoms with Crippen molar-refractivity contribution in [2.45, 2.75) is 6.42 Å². The number of hydrogen-bond acceptors (Lipinski definition) is 3. The molecule has 5 N–H and O–H groups in total. The lowest BCUT2D eigenvalue weighted by Crippen LogP contribution is -2.26. The van der Waals surface area contributed by atoms with Crippen LogP contribution in [0.4, 0.5) is 14.6 Å². The monoisotopic (exact) mass is 562 g/mol. The summed E-state index contributed by atoms with van der Waals surface area (Å²) in [6, 6.07) is 17.6. The summed E-state index contributed by atoms with van der Waals surface area (Å²) in [5.41, 5.74) is 7.29. The Kier molecular flexibility index (Phi) is 6.62. The maximum atomic E-state index is 14.9. The second-order valence-corrected chi connectivity index (χ2v) is 9.38. The highest BCUT2D eigenvalue weighted by molar-refractivity contribution is 9.10. The van der Waals surface area contributed by atoms with Crippen molar-refractivity contribution in [2.75, 3.05) is 12.3 Å². The number of ketones is 1. The molecule has 5 aromatic rings. The number of nitrogen functional groups attached to an aromatic ring is 1. The molecule has 37 heavy (non-hydrogen) atoms. The molecule has 9 heteroatoms. The maximum absolute atomic E-state index is 14.9. The van der Waals surface area contributed by atoms with E-state index in [1.807, 2.05) is 30.5 Å². The molecule has 0 saturated heterocycles. The number of rotatable bonds is 7. The zero-order valence-corrected chi connectivity index (χ0v) is 21.0. The first-order valence-corrected chi connectivity index (χ1v) is 12.2. The number of para-hydroxylation sites is 1. The topological polar surface area (TPSA) is 104 Å². The Bertz CT molecular complexity index is 1620. The second kappa shape index (κ2) is 10.0. The number of fused-ring (bicyclic) bond motifs is 1. The quantitative estimate of drug-likeness (QED) is 0.183. The van der Waals surface area contributed by atoms with Crippen LogP contribution < -0.4 is 11.1 Å². The maximum Gasteiger partial charge on any atom is 0.255 e. The molecule has 186 valence electrons. The normalized spacial score (nSPS) is 11.1. The Balaban J connectivity index is 1.51. The van der Waals surface area contributed by atoms with Crippen LogP contribution in [0.15, 0.2) is 77.4 Å². The first-order chi connectivity index (χ1) is 17.8. The van der Waals surface area contributed by atoms with Crippen LogP contribution in [0, 0.1) is 11.6 Å². The number of anilines is 1. The molecule has 0 saturated carbocycles. The van der Waals surface area contributed by atoms with Gasteiger partial charge in [0.25, 0.3) is 5.91 Å². The molecule has 0 aliphatic carbocycles.